The maximum Gasteiger partial charge on any atom is 0.203 e. The highest BCUT2D eigenvalue weighted by Gasteiger charge is 2.09. The average molecular weight is 439 g/mol. The summed E-state index contributed by atoms with van der Waals surface area (Å²) in [5.74, 6) is 1.44. The third-order valence-electron chi connectivity index (χ3n) is 5.36. The molecule has 0 aliphatic rings. The maximum absolute atomic E-state index is 12.5. The standard InChI is InChI=1S/C28H26N2O3/c1-3-30-26(17-18-29-30)27(31)15-9-21-10-16-28(32-2)24(19-21)20-33-25-13-11-23(12-14-25)22-7-5-4-6-8-22/h4-19H,3,20H2,1-2H3/b15-9+. The van der Waals surface area contributed by atoms with Crippen molar-refractivity contribution in [3.63, 3.8) is 0 Å². The molecule has 3 aromatic carbocycles. The number of ether oxygens (including phenoxy) is 2. The van der Waals surface area contributed by atoms with Crippen LogP contribution in [0.2, 0.25) is 0 Å². The third kappa shape index (κ3) is 5.39. The topological polar surface area (TPSA) is 53.4 Å². The predicted molar refractivity (Wildman–Crippen MR) is 130 cm³/mol. The zero-order valence-corrected chi connectivity index (χ0v) is 18.8. The number of aryl methyl sites for hydroxylation is 1. The highest BCUT2D eigenvalue weighted by atomic mass is 16.5. The van der Waals surface area contributed by atoms with Gasteiger partial charge in [-0.2, -0.15) is 5.10 Å². The second-order valence-electron chi connectivity index (χ2n) is 7.48. The zero-order chi connectivity index (χ0) is 23.0. The van der Waals surface area contributed by atoms with Crippen LogP contribution in [0.25, 0.3) is 17.2 Å². The largest absolute Gasteiger partial charge is 0.496 e. The number of carbonyl (C=O) groups excluding carboxylic acids is 1. The Balaban J connectivity index is 1.45. The van der Waals surface area contributed by atoms with Crippen LogP contribution in [0, 0.1) is 0 Å². The molecule has 1 aromatic heterocycles. The van der Waals surface area contributed by atoms with Crippen molar-refractivity contribution in [2.75, 3.05) is 7.11 Å². The van der Waals surface area contributed by atoms with Gasteiger partial charge in [-0.15, -0.1) is 0 Å². The van der Waals surface area contributed by atoms with Gasteiger partial charge >= 0.3 is 0 Å². The molecule has 0 unspecified atom stereocenters. The second-order valence-corrected chi connectivity index (χ2v) is 7.48. The van der Waals surface area contributed by atoms with Crippen LogP contribution in [0.15, 0.2) is 91.1 Å². The van der Waals surface area contributed by atoms with Gasteiger partial charge in [0, 0.05) is 18.3 Å². The van der Waals surface area contributed by atoms with E-state index in [1.165, 1.54) is 5.56 Å². The first-order valence-electron chi connectivity index (χ1n) is 10.9. The average Bonchev–Trinajstić information content (AvgIpc) is 3.36. The number of allylic oxidation sites excluding steroid dienone is 1. The Kier molecular flexibility index (Phi) is 7.00. The van der Waals surface area contributed by atoms with Gasteiger partial charge in [-0.1, -0.05) is 54.6 Å². The number of hydrogen-bond acceptors (Lipinski definition) is 4. The summed E-state index contributed by atoms with van der Waals surface area (Å²) < 4.78 is 13.2. The number of aromatic nitrogens is 2. The number of rotatable bonds is 9. The molecule has 0 aliphatic carbocycles. The Morgan fingerprint density at radius 1 is 0.970 bits per heavy atom. The summed E-state index contributed by atoms with van der Waals surface area (Å²) in [5.41, 5.74) is 4.68. The van der Waals surface area contributed by atoms with Gasteiger partial charge in [0.1, 0.15) is 23.8 Å². The van der Waals surface area contributed by atoms with E-state index in [0.717, 1.165) is 28.2 Å². The monoisotopic (exact) mass is 438 g/mol. The van der Waals surface area contributed by atoms with Crippen molar-refractivity contribution < 1.29 is 14.3 Å². The molecule has 0 aliphatic heterocycles. The Morgan fingerprint density at radius 3 is 2.45 bits per heavy atom. The van der Waals surface area contributed by atoms with Gasteiger partial charge < -0.3 is 9.47 Å². The second kappa shape index (κ2) is 10.5. The maximum atomic E-state index is 12.5. The SMILES string of the molecule is CCn1nccc1C(=O)/C=C/c1ccc(OC)c(COc2ccc(-c3ccccc3)cc2)c1. The first kappa shape index (κ1) is 22.1. The molecule has 0 spiro atoms. The van der Waals surface area contributed by atoms with Gasteiger partial charge in [-0.25, -0.2) is 0 Å². The fraction of sp³-hybridized carbons (Fsp3) is 0.143. The van der Waals surface area contributed by atoms with Crippen LogP contribution in [0.4, 0.5) is 0 Å². The van der Waals surface area contributed by atoms with Crippen molar-refractivity contribution in [1.29, 1.82) is 0 Å². The molecular formula is C28H26N2O3. The quantitative estimate of drug-likeness (QED) is 0.236. The van der Waals surface area contributed by atoms with Crippen molar-refractivity contribution in [2.45, 2.75) is 20.1 Å². The van der Waals surface area contributed by atoms with E-state index in [2.05, 4.69) is 17.2 Å². The summed E-state index contributed by atoms with van der Waals surface area (Å²) in [7, 11) is 1.64. The highest BCUT2D eigenvalue weighted by Crippen LogP contribution is 2.25. The van der Waals surface area contributed by atoms with Gasteiger partial charge in [-0.3, -0.25) is 9.48 Å². The molecule has 0 radical (unpaired) electrons. The summed E-state index contributed by atoms with van der Waals surface area (Å²) >= 11 is 0. The summed E-state index contributed by atoms with van der Waals surface area (Å²) in [6.07, 6.45) is 5.00. The van der Waals surface area contributed by atoms with Gasteiger partial charge in [-0.05, 0) is 60.0 Å². The predicted octanol–water partition coefficient (Wildman–Crippen LogP) is 6.05. The lowest BCUT2D eigenvalue weighted by Gasteiger charge is -2.12. The molecule has 5 heteroatoms. The van der Waals surface area contributed by atoms with E-state index in [1.807, 2.05) is 67.6 Å². The number of ketones is 1. The molecule has 0 fully saturated rings. The number of benzene rings is 3. The Labute approximate surface area is 193 Å². The molecule has 0 saturated carbocycles. The highest BCUT2D eigenvalue weighted by molar-refractivity contribution is 6.05. The molecule has 4 rings (SSSR count). The van der Waals surface area contributed by atoms with Crippen LogP contribution in [0.5, 0.6) is 11.5 Å². The zero-order valence-electron chi connectivity index (χ0n) is 18.8. The number of nitrogens with zero attached hydrogens (tertiary/aromatic N) is 2. The lowest BCUT2D eigenvalue weighted by Crippen LogP contribution is -2.07. The molecule has 4 aromatic rings. The van der Waals surface area contributed by atoms with E-state index in [9.17, 15) is 4.79 Å². The van der Waals surface area contributed by atoms with Crippen molar-refractivity contribution in [1.82, 2.24) is 9.78 Å². The van der Waals surface area contributed by atoms with E-state index in [1.54, 1.807) is 36.2 Å². The van der Waals surface area contributed by atoms with Crippen molar-refractivity contribution >= 4 is 11.9 Å². The van der Waals surface area contributed by atoms with E-state index < -0.39 is 0 Å². The molecule has 0 bridgehead atoms. The van der Waals surface area contributed by atoms with E-state index >= 15 is 0 Å². The summed E-state index contributed by atoms with van der Waals surface area (Å²) in [5, 5.41) is 4.15. The lowest BCUT2D eigenvalue weighted by molar-refractivity contribution is 0.103. The Bertz CT molecular complexity index is 1240. The van der Waals surface area contributed by atoms with Crippen molar-refractivity contribution in [3.05, 3.63) is 108 Å². The fourth-order valence-electron chi connectivity index (χ4n) is 3.60. The number of methoxy groups -OCH3 is 1. The molecule has 0 saturated heterocycles. The van der Waals surface area contributed by atoms with Crippen LogP contribution in [-0.2, 0) is 13.2 Å². The van der Waals surface area contributed by atoms with E-state index in [0.29, 0.717) is 18.8 Å². The van der Waals surface area contributed by atoms with E-state index in [-0.39, 0.29) is 5.78 Å². The Hall–Kier alpha value is -4.12. The molecular weight excluding hydrogens is 412 g/mol. The van der Waals surface area contributed by atoms with Crippen LogP contribution >= 0.6 is 0 Å². The van der Waals surface area contributed by atoms with Crippen molar-refractivity contribution in [3.8, 4) is 22.6 Å². The molecule has 33 heavy (non-hydrogen) atoms. The third-order valence-corrected chi connectivity index (χ3v) is 5.36. The van der Waals surface area contributed by atoms with Crippen molar-refractivity contribution in [2.24, 2.45) is 0 Å². The fourth-order valence-corrected chi connectivity index (χ4v) is 3.60. The summed E-state index contributed by atoms with van der Waals surface area (Å²) in [6.45, 7) is 2.96. The van der Waals surface area contributed by atoms with Crippen LogP contribution < -0.4 is 9.47 Å². The number of carbonyl (C=O) groups is 1. The minimum absolute atomic E-state index is 0.0820. The van der Waals surface area contributed by atoms with Gasteiger partial charge in [0.05, 0.1) is 7.11 Å². The Morgan fingerprint density at radius 2 is 1.73 bits per heavy atom. The van der Waals surface area contributed by atoms with Gasteiger partial charge in [0.2, 0.25) is 5.78 Å². The molecule has 0 atom stereocenters. The number of hydrogen-bond donors (Lipinski definition) is 0. The molecule has 166 valence electrons. The summed E-state index contributed by atoms with van der Waals surface area (Å²) in [4.78, 5) is 12.5. The minimum atomic E-state index is -0.0820. The van der Waals surface area contributed by atoms with E-state index in [4.69, 9.17) is 9.47 Å². The van der Waals surface area contributed by atoms with Crippen LogP contribution in [0.3, 0.4) is 0 Å². The normalized spacial score (nSPS) is 11.0. The first-order valence-corrected chi connectivity index (χ1v) is 10.9. The smallest absolute Gasteiger partial charge is 0.203 e. The van der Waals surface area contributed by atoms with Crippen LogP contribution in [-0.4, -0.2) is 22.7 Å². The molecule has 0 N–H and O–H groups in total. The molecule has 5 nitrogen and oxygen atoms in total. The molecule has 0 amide bonds. The first-order chi connectivity index (χ1) is 16.2. The molecule has 1 heterocycles. The van der Waals surface area contributed by atoms with Gasteiger partial charge in [0.25, 0.3) is 0 Å². The van der Waals surface area contributed by atoms with Crippen LogP contribution in [0.1, 0.15) is 28.5 Å². The van der Waals surface area contributed by atoms with Gasteiger partial charge in [0.15, 0.2) is 0 Å². The lowest BCUT2D eigenvalue weighted by atomic mass is 10.1. The minimum Gasteiger partial charge on any atom is -0.496 e. The summed E-state index contributed by atoms with van der Waals surface area (Å²) in [6, 6.07) is 25.8.